The third-order valence-corrected chi connectivity index (χ3v) is 6.60. The van der Waals surface area contributed by atoms with Gasteiger partial charge in [-0.3, -0.25) is 0 Å². The SMILES string of the molecule is FC(F)(F)c1ccc(OCn2cnnn2)c2c1ccn2Cc1cccc(/C=C/c2ccc3ccc(Cl)cc3n2)c1. The Morgan fingerprint density at radius 2 is 1.82 bits per heavy atom. The van der Waals surface area contributed by atoms with Gasteiger partial charge in [0, 0.05) is 28.5 Å². The number of rotatable bonds is 7. The van der Waals surface area contributed by atoms with Crippen molar-refractivity contribution >= 4 is 45.6 Å². The van der Waals surface area contributed by atoms with Gasteiger partial charge in [-0.2, -0.15) is 17.9 Å². The molecule has 0 bridgehead atoms. The standard InChI is InChI=1S/C29H20ClF3N6O/c30-22-7-5-21-6-9-23(35-26(21)15-22)8-4-19-2-1-3-20(14-19)16-38-13-12-24-25(29(31,32)33)10-11-27(28(24)38)40-18-39-17-34-36-37-39/h1-15,17H,16,18H2/b8-4+. The van der Waals surface area contributed by atoms with Crippen LogP contribution in [-0.2, 0) is 19.5 Å². The van der Waals surface area contributed by atoms with Crippen LogP contribution >= 0.6 is 11.6 Å². The lowest BCUT2D eigenvalue weighted by atomic mass is 10.1. The number of hydrogen-bond acceptors (Lipinski definition) is 5. The van der Waals surface area contributed by atoms with Crippen LogP contribution in [0.1, 0.15) is 22.4 Å². The molecular formula is C29H20ClF3N6O. The lowest BCUT2D eigenvalue weighted by Gasteiger charge is -2.15. The molecule has 0 saturated heterocycles. The van der Waals surface area contributed by atoms with Crippen LogP contribution in [0.4, 0.5) is 13.2 Å². The van der Waals surface area contributed by atoms with Gasteiger partial charge in [0.05, 0.1) is 22.3 Å². The average molecular weight is 561 g/mol. The van der Waals surface area contributed by atoms with Crippen molar-refractivity contribution in [1.29, 1.82) is 0 Å². The van der Waals surface area contributed by atoms with Crippen LogP contribution in [0.25, 0.3) is 34.0 Å². The molecule has 0 aliphatic rings. The summed E-state index contributed by atoms with van der Waals surface area (Å²) in [5, 5.41) is 12.5. The van der Waals surface area contributed by atoms with E-state index in [-0.39, 0.29) is 12.1 Å². The Labute approximate surface area is 231 Å². The zero-order valence-corrected chi connectivity index (χ0v) is 21.5. The molecule has 0 amide bonds. The maximum atomic E-state index is 13.8. The summed E-state index contributed by atoms with van der Waals surface area (Å²) < 4.78 is 50.2. The molecule has 0 N–H and O–H groups in total. The Balaban J connectivity index is 1.29. The quantitative estimate of drug-likeness (QED) is 0.208. The van der Waals surface area contributed by atoms with Gasteiger partial charge in [-0.25, -0.2) is 4.98 Å². The molecule has 3 aromatic carbocycles. The van der Waals surface area contributed by atoms with Crippen molar-refractivity contribution in [2.75, 3.05) is 0 Å². The number of alkyl halides is 3. The molecule has 0 fully saturated rings. The molecule has 3 heterocycles. The van der Waals surface area contributed by atoms with E-state index in [1.165, 1.54) is 23.1 Å². The molecule has 6 aromatic rings. The predicted octanol–water partition coefficient (Wildman–Crippen LogP) is 7.10. The third-order valence-electron chi connectivity index (χ3n) is 6.36. The minimum absolute atomic E-state index is 0.0477. The summed E-state index contributed by atoms with van der Waals surface area (Å²) in [6.07, 6.45) is 2.34. The highest BCUT2D eigenvalue weighted by atomic mass is 35.5. The second-order valence-electron chi connectivity index (χ2n) is 9.09. The molecule has 0 unspecified atom stereocenters. The van der Waals surface area contributed by atoms with Crippen molar-refractivity contribution in [3.63, 3.8) is 0 Å². The predicted molar refractivity (Wildman–Crippen MR) is 147 cm³/mol. The number of halogens is 4. The van der Waals surface area contributed by atoms with Crippen LogP contribution in [0.2, 0.25) is 5.02 Å². The Morgan fingerprint density at radius 3 is 2.65 bits per heavy atom. The molecule has 40 heavy (non-hydrogen) atoms. The fourth-order valence-electron chi connectivity index (χ4n) is 4.53. The number of ether oxygens (including phenoxy) is 1. The van der Waals surface area contributed by atoms with E-state index in [1.54, 1.807) is 10.8 Å². The minimum Gasteiger partial charge on any atom is -0.469 e. The highest BCUT2D eigenvalue weighted by molar-refractivity contribution is 6.31. The van der Waals surface area contributed by atoms with Gasteiger partial charge in [-0.1, -0.05) is 48.0 Å². The molecule has 11 heteroatoms. The van der Waals surface area contributed by atoms with Crippen molar-refractivity contribution in [3.05, 3.63) is 113 Å². The number of hydrogen-bond donors (Lipinski definition) is 0. The summed E-state index contributed by atoms with van der Waals surface area (Å²) in [5.74, 6) is 0.294. The van der Waals surface area contributed by atoms with Crippen LogP contribution < -0.4 is 4.74 Å². The third kappa shape index (κ3) is 5.39. The number of pyridine rings is 1. The van der Waals surface area contributed by atoms with Gasteiger partial charge >= 0.3 is 6.18 Å². The van der Waals surface area contributed by atoms with Crippen molar-refractivity contribution in [2.45, 2.75) is 19.5 Å². The maximum Gasteiger partial charge on any atom is 0.417 e. The lowest BCUT2D eigenvalue weighted by molar-refractivity contribution is -0.136. The average Bonchev–Trinajstić information content (AvgIpc) is 3.61. The van der Waals surface area contributed by atoms with E-state index in [0.29, 0.717) is 22.8 Å². The first kappa shape index (κ1) is 25.6. The maximum absolute atomic E-state index is 13.8. The van der Waals surface area contributed by atoms with Crippen molar-refractivity contribution in [2.24, 2.45) is 0 Å². The summed E-state index contributed by atoms with van der Waals surface area (Å²) in [7, 11) is 0. The largest absolute Gasteiger partial charge is 0.469 e. The van der Waals surface area contributed by atoms with Crippen LogP contribution in [0, 0.1) is 0 Å². The smallest absolute Gasteiger partial charge is 0.417 e. The molecule has 0 radical (unpaired) electrons. The highest BCUT2D eigenvalue weighted by Gasteiger charge is 2.34. The number of fused-ring (bicyclic) bond motifs is 2. The normalized spacial score (nSPS) is 12.1. The van der Waals surface area contributed by atoms with E-state index in [0.717, 1.165) is 33.8 Å². The van der Waals surface area contributed by atoms with Crippen molar-refractivity contribution in [1.82, 2.24) is 29.8 Å². The fraction of sp³-hybridized carbons (Fsp3) is 0.103. The fourth-order valence-corrected chi connectivity index (χ4v) is 4.70. The molecule has 6 rings (SSSR count). The summed E-state index contributed by atoms with van der Waals surface area (Å²) in [6, 6.07) is 21.1. The molecule has 0 spiro atoms. The zero-order chi connectivity index (χ0) is 27.7. The van der Waals surface area contributed by atoms with Crippen molar-refractivity contribution < 1.29 is 17.9 Å². The van der Waals surface area contributed by atoms with Crippen LogP contribution in [0.3, 0.4) is 0 Å². The van der Waals surface area contributed by atoms with Gasteiger partial charge in [0.15, 0.2) is 6.73 Å². The number of benzene rings is 3. The number of nitrogens with zero attached hydrogens (tertiary/aromatic N) is 6. The monoisotopic (exact) mass is 560 g/mol. The van der Waals surface area contributed by atoms with Gasteiger partial charge in [-0.15, -0.1) is 5.10 Å². The summed E-state index contributed by atoms with van der Waals surface area (Å²) >= 11 is 6.11. The summed E-state index contributed by atoms with van der Waals surface area (Å²) in [4.78, 5) is 4.65. The molecule has 200 valence electrons. The minimum atomic E-state index is -4.51. The Morgan fingerprint density at radius 1 is 0.950 bits per heavy atom. The van der Waals surface area contributed by atoms with Crippen LogP contribution in [-0.4, -0.2) is 29.8 Å². The second kappa shape index (κ2) is 10.5. The van der Waals surface area contributed by atoms with E-state index in [2.05, 4.69) is 20.5 Å². The van der Waals surface area contributed by atoms with E-state index < -0.39 is 11.7 Å². The molecule has 3 aromatic heterocycles. The first-order valence-electron chi connectivity index (χ1n) is 12.2. The molecule has 0 aliphatic heterocycles. The highest BCUT2D eigenvalue weighted by Crippen LogP contribution is 2.39. The van der Waals surface area contributed by atoms with Gasteiger partial charge in [0.25, 0.3) is 0 Å². The molecule has 7 nitrogen and oxygen atoms in total. The Kier molecular flexibility index (Phi) is 6.69. The van der Waals surface area contributed by atoms with Gasteiger partial charge in [0.1, 0.15) is 12.1 Å². The van der Waals surface area contributed by atoms with Gasteiger partial charge in [-0.05, 0) is 70.1 Å². The van der Waals surface area contributed by atoms with E-state index >= 15 is 0 Å². The molecule has 0 atom stereocenters. The van der Waals surface area contributed by atoms with E-state index in [4.69, 9.17) is 16.3 Å². The van der Waals surface area contributed by atoms with E-state index in [1.807, 2.05) is 66.7 Å². The second-order valence-corrected chi connectivity index (χ2v) is 9.53. The van der Waals surface area contributed by atoms with Crippen molar-refractivity contribution in [3.8, 4) is 5.75 Å². The van der Waals surface area contributed by atoms with Gasteiger partial charge in [0.2, 0.25) is 0 Å². The van der Waals surface area contributed by atoms with Crippen LogP contribution in [0.15, 0.2) is 85.3 Å². The first-order chi connectivity index (χ1) is 19.3. The van der Waals surface area contributed by atoms with Crippen LogP contribution in [0.5, 0.6) is 5.75 Å². The number of aromatic nitrogens is 6. The molecular weight excluding hydrogens is 541 g/mol. The summed E-state index contributed by atoms with van der Waals surface area (Å²) in [6.45, 7) is 0.286. The number of tetrazole rings is 1. The Hall–Kier alpha value is -4.70. The zero-order valence-electron chi connectivity index (χ0n) is 20.8. The Bertz CT molecular complexity index is 1850. The molecule has 0 saturated carbocycles. The topological polar surface area (TPSA) is 70.7 Å². The lowest BCUT2D eigenvalue weighted by Crippen LogP contribution is -2.09. The van der Waals surface area contributed by atoms with E-state index in [9.17, 15) is 13.2 Å². The van der Waals surface area contributed by atoms with Gasteiger partial charge < -0.3 is 9.30 Å². The summed E-state index contributed by atoms with van der Waals surface area (Å²) in [5.41, 5.74) is 3.02. The first-order valence-corrected chi connectivity index (χ1v) is 12.6. The molecule has 0 aliphatic carbocycles.